The zero-order valence-corrected chi connectivity index (χ0v) is 16.1. The van der Waals surface area contributed by atoms with Crippen LogP contribution < -0.4 is 24.0 Å². The number of quaternary nitrogens is 2. The van der Waals surface area contributed by atoms with Crippen molar-refractivity contribution in [3.8, 4) is 0 Å². The minimum Gasteiger partial charge on any atom is -1.00 e. The maximum Gasteiger partial charge on any atom is 0.0839 e. The molecular weight excluding hydrogens is 359 g/mol. The van der Waals surface area contributed by atoms with E-state index in [2.05, 4.69) is 40.1 Å². The van der Waals surface area contributed by atoms with Crippen LogP contribution in [0.15, 0.2) is 12.2 Å². The zero-order chi connectivity index (χ0) is 13.9. The van der Waals surface area contributed by atoms with Crippen molar-refractivity contribution in [3.05, 3.63) is 12.2 Å². The Labute approximate surface area is 143 Å². The van der Waals surface area contributed by atoms with Crippen LogP contribution in [0.4, 0.5) is 0 Å². The third kappa shape index (κ3) is 4.44. The van der Waals surface area contributed by atoms with E-state index in [-0.39, 0.29) is 24.0 Å². The first-order valence-corrected chi connectivity index (χ1v) is 8.32. The summed E-state index contributed by atoms with van der Waals surface area (Å²) in [5, 5.41) is 0. The minimum absolute atomic E-state index is 0. The van der Waals surface area contributed by atoms with Crippen LogP contribution in [-0.2, 0) is 0 Å². The first kappa shape index (κ1) is 18.4. The van der Waals surface area contributed by atoms with Gasteiger partial charge in [0.15, 0.2) is 0 Å². The van der Waals surface area contributed by atoms with Gasteiger partial charge in [-0.25, -0.2) is 0 Å². The first-order valence-electron chi connectivity index (χ1n) is 8.32. The van der Waals surface area contributed by atoms with Crippen molar-refractivity contribution in [1.29, 1.82) is 0 Å². The Morgan fingerprint density at radius 3 is 2.00 bits per heavy atom. The molecule has 2 unspecified atom stereocenters. The molecule has 0 spiro atoms. The summed E-state index contributed by atoms with van der Waals surface area (Å²) < 4.78 is 2.58. The highest BCUT2D eigenvalue weighted by molar-refractivity contribution is 4.96. The predicted molar refractivity (Wildman–Crippen MR) is 82.9 cm³/mol. The lowest BCUT2D eigenvalue weighted by Gasteiger charge is -2.35. The van der Waals surface area contributed by atoms with Crippen LogP contribution in [0.2, 0.25) is 0 Å². The Morgan fingerprint density at radius 2 is 1.55 bits per heavy atom. The maximum atomic E-state index is 2.50. The topological polar surface area (TPSA) is 0 Å². The molecule has 20 heavy (non-hydrogen) atoms. The highest BCUT2D eigenvalue weighted by Crippen LogP contribution is 2.36. The molecule has 1 aliphatic carbocycles. The van der Waals surface area contributed by atoms with Gasteiger partial charge in [-0.05, 0) is 26.7 Å². The van der Waals surface area contributed by atoms with Gasteiger partial charge in [-0.15, -0.1) is 0 Å². The van der Waals surface area contributed by atoms with Gasteiger partial charge in [-0.1, -0.05) is 12.2 Å². The smallest absolute Gasteiger partial charge is 0.0839 e. The molecule has 1 heterocycles. The maximum absolute atomic E-state index is 2.50. The second-order valence-electron chi connectivity index (χ2n) is 7.50. The molecule has 0 aromatic carbocycles. The van der Waals surface area contributed by atoms with Crippen LogP contribution in [0.1, 0.15) is 33.1 Å². The van der Waals surface area contributed by atoms with E-state index in [4.69, 9.17) is 0 Å². The largest absolute Gasteiger partial charge is 1.00 e. The number of nitrogens with zero attached hydrogens (tertiary/aromatic N) is 2. The van der Waals surface area contributed by atoms with Crippen molar-refractivity contribution < 1.29 is 32.9 Å². The number of halogens is 1. The van der Waals surface area contributed by atoms with Crippen LogP contribution in [-0.4, -0.2) is 62.3 Å². The van der Waals surface area contributed by atoms with Gasteiger partial charge in [-0.2, -0.15) is 0 Å². The quantitative estimate of drug-likeness (QED) is 0.336. The molecule has 2 rings (SSSR count). The second-order valence-corrected chi connectivity index (χ2v) is 7.50. The molecule has 0 saturated carbocycles. The molecule has 1 saturated heterocycles. The highest BCUT2D eigenvalue weighted by atomic mass is 127. The fourth-order valence-corrected chi connectivity index (χ4v) is 4.14. The number of hydrogen-bond donors (Lipinski definition) is 0. The van der Waals surface area contributed by atoms with Gasteiger partial charge in [0, 0.05) is 18.3 Å². The molecule has 0 aromatic heterocycles. The Morgan fingerprint density at radius 1 is 1.05 bits per heavy atom. The van der Waals surface area contributed by atoms with Crippen LogP contribution >= 0.6 is 0 Å². The average molecular weight is 393 g/mol. The van der Waals surface area contributed by atoms with E-state index in [1.54, 1.807) is 0 Å². The molecule has 3 heteroatoms. The van der Waals surface area contributed by atoms with Crippen molar-refractivity contribution in [2.45, 2.75) is 33.1 Å². The summed E-state index contributed by atoms with van der Waals surface area (Å²) in [4.78, 5) is 0. The molecule has 0 bridgehead atoms. The molecule has 118 valence electrons. The van der Waals surface area contributed by atoms with E-state index >= 15 is 0 Å². The van der Waals surface area contributed by atoms with Gasteiger partial charge in [-0.3, -0.25) is 0 Å². The van der Waals surface area contributed by atoms with Gasteiger partial charge in [0.25, 0.3) is 0 Å². The lowest BCUT2D eigenvalue weighted by molar-refractivity contribution is -0.922. The zero-order valence-electron chi connectivity index (χ0n) is 13.9. The van der Waals surface area contributed by atoms with E-state index in [1.807, 2.05) is 0 Å². The Bertz CT molecular complexity index is 307. The lowest BCUT2D eigenvalue weighted by atomic mass is 9.86. The molecule has 2 aliphatic rings. The number of fused-ring (bicyclic) bond motifs is 1. The van der Waals surface area contributed by atoms with Gasteiger partial charge < -0.3 is 32.9 Å². The molecule has 0 aromatic rings. The number of likely N-dealkylation sites (tertiary alicyclic amines) is 1. The molecule has 1 fully saturated rings. The fraction of sp³-hybridized carbons (Fsp3) is 0.882. The Balaban J connectivity index is 0.00000200. The summed E-state index contributed by atoms with van der Waals surface area (Å²) in [6, 6.07) is 0. The van der Waals surface area contributed by atoms with Crippen molar-refractivity contribution in [1.82, 2.24) is 0 Å². The summed E-state index contributed by atoms with van der Waals surface area (Å²) >= 11 is 0. The average Bonchev–Trinajstić information content (AvgIpc) is 2.74. The van der Waals surface area contributed by atoms with Crippen molar-refractivity contribution in [2.24, 2.45) is 11.8 Å². The standard InChI is InChI=1S/C17H34N2.HI/c1-5-18(3,6-2)12-9-13-19(4)14-16-10-7-8-11-17(16)15-19;/h7-8,16-17H,5-6,9-15H2,1-4H3;1H/q+2;/p-1. The van der Waals surface area contributed by atoms with Crippen molar-refractivity contribution in [3.63, 3.8) is 0 Å². The van der Waals surface area contributed by atoms with Crippen molar-refractivity contribution in [2.75, 3.05) is 53.4 Å². The number of allylic oxidation sites excluding steroid dienone is 2. The van der Waals surface area contributed by atoms with Crippen LogP contribution in [0.25, 0.3) is 0 Å². The predicted octanol–water partition coefficient (Wildman–Crippen LogP) is -0.0905. The fourth-order valence-electron chi connectivity index (χ4n) is 4.14. The summed E-state index contributed by atoms with van der Waals surface area (Å²) in [7, 11) is 4.91. The molecule has 0 radical (unpaired) electrons. The second kappa shape index (κ2) is 7.59. The van der Waals surface area contributed by atoms with Crippen molar-refractivity contribution >= 4 is 0 Å². The highest BCUT2D eigenvalue weighted by Gasteiger charge is 2.42. The van der Waals surface area contributed by atoms with Crippen LogP contribution in [0.3, 0.4) is 0 Å². The SMILES string of the molecule is CC[N+](C)(CC)CCC[N+]1(C)CC2CC=CCC2C1.[I-]. The molecule has 0 N–H and O–H groups in total. The third-order valence-electron chi connectivity index (χ3n) is 5.98. The summed E-state index contributed by atoms with van der Waals surface area (Å²) in [5.41, 5.74) is 0. The molecule has 1 aliphatic heterocycles. The van der Waals surface area contributed by atoms with E-state index in [0.717, 1.165) is 11.8 Å². The number of rotatable bonds is 6. The monoisotopic (exact) mass is 393 g/mol. The first-order chi connectivity index (χ1) is 9.00. The van der Waals surface area contributed by atoms with E-state index in [9.17, 15) is 0 Å². The summed E-state index contributed by atoms with van der Waals surface area (Å²) in [5.74, 6) is 1.96. The third-order valence-corrected chi connectivity index (χ3v) is 5.98. The van der Waals surface area contributed by atoms with Gasteiger partial charge in [0.05, 0.1) is 53.4 Å². The van der Waals surface area contributed by atoms with Gasteiger partial charge in [0.1, 0.15) is 0 Å². The molecule has 0 amide bonds. The van der Waals surface area contributed by atoms with E-state index in [1.165, 1.54) is 67.5 Å². The molecular formula is C17H34IN2+. The Kier molecular flexibility index (Phi) is 7.00. The van der Waals surface area contributed by atoms with Crippen LogP contribution in [0.5, 0.6) is 0 Å². The molecule has 2 atom stereocenters. The van der Waals surface area contributed by atoms with Gasteiger partial charge in [0.2, 0.25) is 0 Å². The molecule has 2 nitrogen and oxygen atoms in total. The minimum atomic E-state index is 0. The lowest BCUT2D eigenvalue weighted by Crippen LogP contribution is -3.00. The van der Waals surface area contributed by atoms with E-state index in [0.29, 0.717) is 0 Å². The van der Waals surface area contributed by atoms with E-state index < -0.39 is 0 Å². The summed E-state index contributed by atoms with van der Waals surface area (Å²) in [6.45, 7) is 12.8. The summed E-state index contributed by atoms with van der Waals surface area (Å²) in [6.07, 6.45) is 8.91. The Hall–Kier alpha value is 0.390. The van der Waals surface area contributed by atoms with Crippen LogP contribution in [0, 0.1) is 11.8 Å². The van der Waals surface area contributed by atoms with Gasteiger partial charge >= 0.3 is 0 Å². The number of hydrogen-bond acceptors (Lipinski definition) is 0. The normalized spacial score (nSPS) is 32.8.